The van der Waals surface area contributed by atoms with Crippen molar-refractivity contribution in [2.45, 2.75) is 45.2 Å². The van der Waals surface area contributed by atoms with Gasteiger partial charge in [0.15, 0.2) is 5.78 Å². The number of rotatable bonds is 3. The Morgan fingerprint density at radius 3 is 2.83 bits per heavy atom. The number of hydrogen-bond donors (Lipinski definition) is 1. The van der Waals surface area contributed by atoms with E-state index >= 15 is 0 Å². The Labute approximate surface area is 73.7 Å². The zero-order chi connectivity index (χ0) is 8.72. The molecular formula is C10H17NO. The van der Waals surface area contributed by atoms with Gasteiger partial charge in [0.2, 0.25) is 0 Å². The average molecular weight is 167 g/mol. The number of carbonyl (C=O) groups is 1. The molecule has 68 valence electrons. The van der Waals surface area contributed by atoms with Crippen molar-refractivity contribution in [3.8, 4) is 0 Å². The molecule has 0 bridgehead atoms. The monoisotopic (exact) mass is 167 g/mol. The molecule has 1 aliphatic carbocycles. The standard InChI is InChI=1S/C10H17NO/c1-3-6(2)10(12)9-5-7-4-8(7)11-9/h6-9,11H,3-5H2,1-2H3/t6?,7-,8-,9-/m0/s1. The van der Waals surface area contributed by atoms with E-state index in [1.54, 1.807) is 0 Å². The van der Waals surface area contributed by atoms with Crippen LogP contribution in [0, 0.1) is 11.8 Å². The van der Waals surface area contributed by atoms with E-state index < -0.39 is 0 Å². The van der Waals surface area contributed by atoms with E-state index in [9.17, 15) is 4.79 Å². The molecule has 1 saturated heterocycles. The van der Waals surface area contributed by atoms with Crippen LogP contribution in [0.4, 0.5) is 0 Å². The topological polar surface area (TPSA) is 29.1 Å². The lowest BCUT2D eigenvalue weighted by atomic mass is 9.96. The van der Waals surface area contributed by atoms with E-state index in [2.05, 4.69) is 12.2 Å². The van der Waals surface area contributed by atoms with Crippen LogP contribution >= 0.6 is 0 Å². The van der Waals surface area contributed by atoms with Gasteiger partial charge in [-0.05, 0) is 25.2 Å². The van der Waals surface area contributed by atoms with E-state index in [0.717, 1.165) is 18.8 Å². The highest BCUT2D eigenvalue weighted by Gasteiger charge is 2.47. The largest absolute Gasteiger partial charge is 0.304 e. The number of ketones is 1. The molecule has 1 N–H and O–H groups in total. The summed E-state index contributed by atoms with van der Waals surface area (Å²) in [6.07, 6.45) is 3.39. The average Bonchev–Trinajstić information content (AvgIpc) is 2.71. The predicted octanol–water partition coefficient (Wildman–Crippen LogP) is 1.35. The molecule has 1 aliphatic heterocycles. The van der Waals surface area contributed by atoms with Crippen LogP contribution in [-0.2, 0) is 4.79 Å². The molecular weight excluding hydrogens is 150 g/mol. The number of fused-ring (bicyclic) bond motifs is 1. The summed E-state index contributed by atoms with van der Waals surface area (Å²) in [5, 5.41) is 3.39. The third-order valence-corrected chi connectivity index (χ3v) is 3.32. The van der Waals surface area contributed by atoms with Crippen LogP contribution in [0.3, 0.4) is 0 Å². The first-order chi connectivity index (χ1) is 5.72. The SMILES string of the molecule is CCC(C)C(=O)[C@@H]1C[C@@H]2C[C@@H]2N1. The Hall–Kier alpha value is -0.370. The van der Waals surface area contributed by atoms with E-state index in [4.69, 9.17) is 0 Å². The summed E-state index contributed by atoms with van der Waals surface area (Å²) in [7, 11) is 0. The van der Waals surface area contributed by atoms with Crippen molar-refractivity contribution in [3.63, 3.8) is 0 Å². The number of hydrogen-bond acceptors (Lipinski definition) is 2. The highest BCUT2D eigenvalue weighted by atomic mass is 16.1. The lowest BCUT2D eigenvalue weighted by molar-refractivity contribution is -0.124. The fraction of sp³-hybridized carbons (Fsp3) is 0.900. The van der Waals surface area contributed by atoms with Crippen LogP contribution < -0.4 is 5.32 Å². The molecule has 4 atom stereocenters. The molecule has 2 rings (SSSR count). The van der Waals surface area contributed by atoms with Crippen LogP contribution in [0.2, 0.25) is 0 Å². The Morgan fingerprint density at radius 1 is 1.58 bits per heavy atom. The Kier molecular flexibility index (Phi) is 1.95. The maximum absolute atomic E-state index is 11.7. The first-order valence-electron chi connectivity index (χ1n) is 5.02. The summed E-state index contributed by atoms with van der Waals surface area (Å²) >= 11 is 0. The number of piperidine rings is 1. The first kappa shape index (κ1) is 8.24. The molecule has 2 fully saturated rings. The van der Waals surface area contributed by atoms with E-state index in [0.29, 0.717) is 11.8 Å². The summed E-state index contributed by atoms with van der Waals surface area (Å²) in [6.45, 7) is 4.12. The van der Waals surface area contributed by atoms with Crippen LogP contribution in [0.1, 0.15) is 33.1 Å². The molecule has 2 nitrogen and oxygen atoms in total. The molecule has 0 spiro atoms. The Bertz CT molecular complexity index is 192. The van der Waals surface area contributed by atoms with Crippen LogP contribution in [0.15, 0.2) is 0 Å². The summed E-state index contributed by atoms with van der Waals surface area (Å²) in [5.41, 5.74) is 0. The molecule has 0 aromatic carbocycles. The first-order valence-corrected chi connectivity index (χ1v) is 5.02. The summed E-state index contributed by atoms with van der Waals surface area (Å²) < 4.78 is 0. The lowest BCUT2D eigenvalue weighted by Crippen LogP contribution is -2.36. The second kappa shape index (κ2) is 2.84. The molecule has 1 unspecified atom stereocenters. The van der Waals surface area contributed by atoms with Gasteiger partial charge in [-0.25, -0.2) is 0 Å². The van der Waals surface area contributed by atoms with Crippen LogP contribution in [0.5, 0.6) is 0 Å². The normalized spacial score (nSPS) is 40.7. The molecule has 0 aromatic rings. The molecule has 0 aromatic heterocycles. The molecule has 0 amide bonds. The van der Waals surface area contributed by atoms with Crippen molar-refractivity contribution in [3.05, 3.63) is 0 Å². The number of Topliss-reactive ketones (excluding diaryl/α,β-unsaturated/α-hetero) is 1. The highest BCUT2D eigenvalue weighted by Crippen LogP contribution is 2.41. The van der Waals surface area contributed by atoms with Gasteiger partial charge in [-0.15, -0.1) is 0 Å². The minimum Gasteiger partial charge on any atom is -0.304 e. The lowest BCUT2D eigenvalue weighted by Gasteiger charge is -2.15. The van der Waals surface area contributed by atoms with Gasteiger partial charge >= 0.3 is 0 Å². The van der Waals surface area contributed by atoms with E-state index in [-0.39, 0.29) is 12.0 Å². The predicted molar refractivity (Wildman–Crippen MR) is 47.9 cm³/mol. The van der Waals surface area contributed by atoms with Crippen LogP contribution in [-0.4, -0.2) is 17.9 Å². The number of nitrogens with one attached hydrogen (secondary N) is 1. The van der Waals surface area contributed by atoms with Gasteiger partial charge in [-0.3, -0.25) is 4.79 Å². The van der Waals surface area contributed by atoms with Gasteiger partial charge in [-0.1, -0.05) is 13.8 Å². The third-order valence-electron chi connectivity index (χ3n) is 3.32. The zero-order valence-electron chi connectivity index (χ0n) is 7.84. The molecule has 0 radical (unpaired) electrons. The third kappa shape index (κ3) is 1.28. The van der Waals surface area contributed by atoms with Gasteiger partial charge in [0.1, 0.15) is 0 Å². The maximum atomic E-state index is 11.7. The minimum atomic E-state index is 0.198. The fourth-order valence-corrected chi connectivity index (χ4v) is 2.08. The van der Waals surface area contributed by atoms with Crippen molar-refractivity contribution in [2.75, 3.05) is 0 Å². The molecule has 2 aliphatic rings. The van der Waals surface area contributed by atoms with Gasteiger partial charge < -0.3 is 5.32 Å². The van der Waals surface area contributed by atoms with E-state index in [1.807, 2.05) is 6.92 Å². The van der Waals surface area contributed by atoms with Crippen molar-refractivity contribution >= 4 is 5.78 Å². The van der Waals surface area contributed by atoms with Crippen LogP contribution in [0.25, 0.3) is 0 Å². The fourth-order valence-electron chi connectivity index (χ4n) is 2.08. The smallest absolute Gasteiger partial charge is 0.152 e. The zero-order valence-corrected chi connectivity index (χ0v) is 7.84. The summed E-state index contributed by atoms with van der Waals surface area (Å²) in [5.74, 6) is 1.52. The summed E-state index contributed by atoms with van der Waals surface area (Å²) in [6, 6.07) is 0.895. The van der Waals surface area contributed by atoms with Crippen molar-refractivity contribution in [1.29, 1.82) is 0 Å². The van der Waals surface area contributed by atoms with Gasteiger partial charge in [-0.2, -0.15) is 0 Å². The van der Waals surface area contributed by atoms with Crippen molar-refractivity contribution in [2.24, 2.45) is 11.8 Å². The Morgan fingerprint density at radius 2 is 2.33 bits per heavy atom. The van der Waals surface area contributed by atoms with Gasteiger partial charge in [0.25, 0.3) is 0 Å². The maximum Gasteiger partial charge on any atom is 0.152 e. The quantitative estimate of drug-likeness (QED) is 0.687. The molecule has 1 heterocycles. The second-order valence-corrected chi connectivity index (χ2v) is 4.27. The van der Waals surface area contributed by atoms with Crippen molar-refractivity contribution < 1.29 is 4.79 Å². The Balaban J connectivity index is 1.88. The second-order valence-electron chi connectivity index (χ2n) is 4.27. The molecule has 12 heavy (non-hydrogen) atoms. The van der Waals surface area contributed by atoms with Gasteiger partial charge in [0.05, 0.1) is 6.04 Å². The number of carbonyl (C=O) groups excluding carboxylic acids is 1. The van der Waals surface area contributed by atoms with Crippen molar-refractivity contribution in [1.82, 2.24) is 5.32 Å². The van der Waals surface area contributed by atoms with E-state index in [1.165, 1.54) is 6.42 Å². The highest BCUT2D eigenvalue weighted by molar-refractivity contribution is 5.86. The van der Waals surface area contributed by atoms with Gasteiger partial charge in [0, 0.05) is 12.0 Å². The molecule has 1 saturated carbocycles. The summed E-state index contributed by atoms with van der Waals surface area (Å²) in [4.78, 5) is 11.7. The molecule has 2 heteroatoms. The minimum absolute atomic E-state index is 0.198.